The SMILES string of the molecule is COc1cccc(NC(=O)N2CCC[C@@H]2c2nc(-c3ccc(F)cc3F)no2)c1. The summed E-state index contributed by atoms with van der Waals surface area (Å²) in [6.45, 7) is 0.517. The van der Waals surface area contributed by atoms with E-state index < -0.39 is 17.7 Å². The molecule has 0 aliphatic carbocycles. The Labute approximate surface area is 165 Å². The van der Waals surface area contributed by atoms with E-state index in [4.69, 9.17) is 9.26 Å². The lowest BCUT2D eigenvalue weighted by molar-refractivity contribution is 0.193. The molecule has 9 heteroatoms. The summed E-state index contributed by atoms with van der Waals surface area (Å²) in [5.41, 5.74) is 0.631. The molecule has 1 fully saturated rings. The number of nitrogens with one attached hydrogen (secondary N) is 1. The predicted octanol–water partition coefficient (Wildman–Crippen LogP) is 4.39. The second-order valence-electron chi connectivity index (χ2n) is 6.59. The molecule has 1 saturated heterocycles. The third-order valence-electron chi connectivity index (χ3n) is 4.73. The largest absolute Gasteiger partial charge is 0.497 e. The maximum absolute atomic E-state index is 14.0. The monoisotopic (exact) mass is 400 g/mol. The van der Waals surface area contributed by atoms with E-state index in [1.165, 1.54) is 6.07 Å². The van der Waals surface area contributed by atoms with Gasteiger partial charge in [0.1, 0.15) is 23.4 Å². The van der Waals surface area contributed by atoms with E-state index >= 15 is 0 Å². The van der Waals surface area contributed by atoms with Crippen LogP contribution in [0.3, 0.4) is 0 Å². The molecule has 0 radical (unpaired) electrons. The first-order chi connectivity index (χ1) is 14.0. The van der Waals surface area contributed by atoms with E-state index in [0.29, 0.717) is 24.4 Å². The van der Waals surface area contributed by atoms with Crippen molar-refractivity contribution in [1.29, 1.82) is 0 Å². The van der Waals surface area contributed by atoms with Crippen LogP contribution in [0.2, 0.25) is 0 Å². The molecule has 4 rings (SSSR count). The van der Waals surface area contributed by atoms with Crippen molar-refractivity contribution in [3.8, 4) is 17.1 Å². The first-order valence-corrected chi connectivity index (χ1v) is 9.06. The van der Waals surface area contributed by atoms with Crippen molar-refractivity contribution in [2.24, 2.45) is 0 Å². The lowest BCUT2D eigenvalue weighted by Gasteiger charge is -2.22. The van der Waals surface area contributed by atoms with Gasteiger partial charge in [0.25, 0.3) is 0 Å². The number of likely N-dealkylation sites (tertiary alicyclic amines) is 1. The number of benzene rings is 2. The van der Waals surface area contributed by atoms with Crippen LogP contribution < -0.4 is 10.1 Å². The Morgan fingerprint density at radius 2 is 2.14 bits per heavy atom. The van der Waals surface area contributed by atoms with Gasteiger partial charge in [-0.05, 0) is 37.1 Å². The number of anilines is 1. The maximum atomic E-state index is 14.0. The number of ether oxygens (including phenoxy) is 1. The minimum Gasteiger partial charge on any atom is -0.497 e. The van der Waals surface area contributed by atoms with Crippen molar-refractivity contribution in [1.82, 2.24) is 15.0 Å². The Morgan fingerprint density at radius 3 is 2.93 bits per heavy atom. The zero-order valence-corrected chi connectivity index (χ0v) is 15.6. The van der Waals surface area contributed by atoms with Crippen molar-refractivity contribution >= 4 is 11.7 Å². The first-order valence-electron chi connectivity index (χ1n) is 9.06. The molecule has 0 unspecified atom stereocenters. The highest BCUT2D eigenvalue weighted by Crippen LogP contribution is 2.33. The quantitative estimate of drug-likeness (QED) is 0.702. The first kappa shape index (κ1) is 18.9. The average Bonchev–Trinajstić information content (AvgIpc) is 3.37. The molecule has 2 aromatic carbocycles. The summed E-state index contributed by atoms with van der Waals surface area (Å²) in [4.78, 5) is 18.6. The molecular weight excluding hydrogens is 382 g/mol. The molecule has 1 aliphatic rings. The molecule has 1 atom stereocenters. The maximum Gasteiger partial charge on any atom is 0.322 e. The van der Waals surface area contributed by atoms with Gasteiger partial charge >= 0.3 is 6.03 Å². The van der Waals surface area contributed by atoms with Crippen LogP contribution in [0.15, 0.2) is 47.0 Å². The summed E-state index contributed by atoms with van der Waals surface area (Å²) in [5.74, 6) is -0.620. The minimum absolute atomic E-state index is 0.0116. The highest BCUT2D eigenvalue weighted by atomic mass is 19.1. The number of hydrogen-bond donors (Lipinski definition) is 1. The van der Waals surface area contributed by atoms with Gasteiger partial charge < -0.3 is 19.5 Å². The normalized spacial score (nSPS) is 16.1. The van der Waals surface area contributed by atoms with Crippen LogP contribution in [-0.4, -0.2) is 34.7 Å². The van der Waals surface area contributed by atoms with E-state index in [1.807, 2.05) is 0 Å². The van der Waals surface area contributed by atoms with Crippen LogP contribution in [0.5, 0.6) is 5.75 Å². The number of amides is 2. The van der Waals surface area contributed by atoms with Crippen LogP contribution in [0.1, 0.15) is 24.8 Å². The molecule has 0 bridgehead atoms. The second-order valence-corrected chi connectivity index (χ2v) is 6.59. The number of methoxy groups -OCH3 is 1. The third kappa shape index (κ3) is 3.89. The summed E-state index contributed by atoms with van der Waals surface area (Å²) in [7, 11) is 1.55. The molecule has 150 valence electrons. The van der Waals surface area contributed by atoms with Crippen LogP contribution >= 0.6 is 0 Å². The Bertz CT molecular complexity index is 1040. The van der Waals surface area contributed by atoms with Crippen LogP contribution in [0, 0.1) is 11.6 Å². The zero-order chi connectivity index (χ0) is 20.4. The topological polar surface area (TPSA) is 80.5 Å². The van der Waals surface area contributed by atoms with Gasteiger partial charge in [0.2, 0.25) is 11.7 Å². The highest BCUT2D eigenvalue weighted by molar-refractivity contribution is 5.90. The van der Waals surface area contributed by atoms with Gasteiger partial charge in [0.15, 0.2) is 0 Å². The smallest absolute Gasteiger partial charge is 0.322 e. The number of nitrogens with zero attached hydrogens (tertiary/aromatic N) is 3. The highest BCUT2D eigenvalue weighted by Gasteiger charge is 2.34. The molecule has 1 aliphatic heterocycles. The number of aromatic nitrogens is 2. The Kier molecular flexibility index (Phi) is 5.11. The van der Waals surface area contributed by atoms with Crippen molar-refractivity contribution in [3.05, 3.63) is 60.0 Å². The lowest BCUT2D eigenvalue weighted by atomic mass is 10.2. The predicted molar refractivity (Wildman–Crippen MR) is 100 cm³/mol. The van der Waals surface area contributed by atoms with E-state index in [0.717, 1.165) is 18.6 Å². The van der Waals surface area contributed by atoms with E-state index in [1.54, 1.807) is 36.3 Å². The molecule has 2 heterocycles. The molecule has 3 aromatic rings. The van der Waals surface area contributed by atoms with Crippen molar-refractivity contribution in [2.45, 2.75) is 18.9 Å². The van der Waals surface area contributed by atoms with Crippen molar-refractivity contribution < 1.29 is 22.8 Å². The van der Waals surface area contributed by atoms with E-state index in [9.17, 15) is 13.6 Å². The minimum atomic E-state index is -0.781. The molecule has 1 aromatic heterocycles. The van der Waals surface area contributed by atoms with Crippen LogP contribution in [-0.2, 0) is 0 Å². The van der Waals surface area contributed by atoms with Gasteiger partial charge in [0, 0.05) is 24.4 Å². The lowest BCUT2D eigenvalue weighted by Crippen LogP contribution is -2.34. The fourth-order valence-electron chi connectivity index (χ4n) is 3.31. The average molecular weight is 400 g/mol. The zero-order valence-electron chi connectivity index (χ0n) is 15.6. The van der Waals surface area contributed by atoms with E-state index in [-0.39, 0.29) is 23.3 Å². The molecule has 1 N–H and O–H groups in total. The second kappa shape index (κ2) is 7.86. The molecule has 2 amide bonds. The number of carbonyl (C=O) groups excluding carboxylic acids is 1. The summed E-state index contributed by atoms with van der Waals surface area (Å²) < 4.78 is 37.6. The van der Waals surface area contributed by atoms with Crippen LogP contribution in [0.4, 0.5) is 19.3 Å². The number of urea groups is 1. The standard InChI is InChI=1S/C20H18F2N4O3/c1-28-14-5-2-4-13(11-14)23-20(27)26-9-3-6-17(26)19-24-18(25-29-19)15-8-7-12(21)10-16(15)22/h2,4-5,7-8,10-11,17H,3,6,9H2,1H3,(H,23,27)/t17-/m1/s1. The Morgan fingerprint density at radius 1 is 1.28 bits per heavy atom. The molecule has 0 spiro atoms. The number of hydrogen-bond acceptors (Lipinski definition) is 5. The van der Waals surface area contributed by atoms with Gasteiger partial charge in [-0.2, -0.15) is 4.98 Å². The molecule has 29 heavy (non-hydrogen) atoms. The number of halogens is 2. The number of rotatable bonds is 4. The molecule has 0 saturated carbocycles. The van der Waals surface area contributed by atoms with Crippen molar-refractivity contribution in [2.75, 3.05) is 19.0 Å². The fraction of sp³-hybridized carbons (Fsp3) is 0.250. The summed E-state index contributed by atoms with van der Waals surface area (Å²) in [6, 6.07) is 9.42. The van der Waals surface area contributed by atoms with Crippen molar-refractivity contribution in [3.63, 3.8) is 0 Å². The fourth-order valence-corrected chi connectivity index (χ4v) is 3.31. The van der Waals surface area contributed by atoms with Gasteiger partial charge in [-0.25, -0.2) is 13.6 Å². The van der Waals surface area contributed by atoms with E-state index in [2.05, 4.69) is 15.5 Å². The van der Waals surface area contributed by atoms with Gasteiger partial charge in [-0.1, -0.05) is 11.2 Å². The summed E-state index contributed by atoms with van der Waals surface area (Å²) >= 11 is 0. The number of carbonyl (C=O) groups is 1. The molecule has 7 nitrogen and oxygen atoms in total. The summed E-state index contributed by atoms with van der Waals surface area (Å²) in [6.07, 6.45) is 1.40. The molecular formula is C20H18F2N4O3. The van der Waals surface area contributed by atoms with Gasteiger partial charge in [-0.3, -0.25) is 0 Å². The van der Waals surface area contributed by atoms with Gasteiger partial charge in [0.05, 0.1) is 12.7 Å². The Hall–Kier alpha value is -3.49. The van der Waals surface area contributed by atoms with Gasteiger partial charge in [-0.15, -0.1) is 0 Å². The third-order valence-corrected chi connectivity index (χ3v) is 4.73. The Balaban J connectivity index is 1.52. The van der Waals surface area contributed by atoms with Crippen LogP contribution in [0.25, 0.3) is 11.4 Å². The summed E-state index contributed by atoms with van der Waals surface area (Å²) in [5, 5.41) is 6.63.